The molecule has 0 bridgehead atoms. The second-order valence-electron chi connectivity index (χ2n) is 6.27. The van der Waals surface area contributed by atoms with Gasteiger partial charge in [-0.25, -0.2) is 4.98 Å². The van der Waals surface area contributed by atoms with Gasteiger partial charge in [-0.2, -0.15) is 5.10 Å². The Morgan fingerprint density at radius 1 is 1.26 bits per heavy atom. The van der Waals surface area contributed by atoms with Crippen LogP contribution in [0.5, 0.6) is 5.88 Å². The van der Waals surface area contributed by atoms with Crippen molar-refractivity contribution in [3.8, 4) is 5.88 Å². The summed E-state index contributed by atoms with van der Waals surface area (Å²) >= 11 is 0. The molecule has 0 saturated carbocycles. The van der Waals surface area contributed by atoms with Crippen LogP contribution in [0.4, 0.5) is 5.82 Å². The third-order valence-corrected chi connectivity index (χ3v) is 4.69. The summed E-state index contributed by atoms with van der Waals surface area (Å²) in [5.41, 5.74) is 0.823. The second-order valence-corrected chi connectivity index (χ2v) is 6.27. The Morgan fingerprint density at radius 3 is 2.91 bits per heavy atom. The predicted molar refractivity (Wildman–Crippen MR) is 85.5 cm³/mol. The average molecular weight is 312 g/mol. The van der Waals surface area contributed by atoms with Crippen molar-refractivity contribution in [2.75, 3.05) is 31.2 Å². The molecule has 4 rings (SSSR count). The smallest absolute Gasteiger partial charge is 0.213 e. The van der Waals surface area contributed by atoms with Crippen molar-refractivity contribution < 1.29 is 9.47 Å². The lowest BCUT2D eigenvalue weighted by atomic mass is 9.81. The molecule has 6 heteroatoms. The molecule has 1 atom stereocenters. The molecule has 2 aliphatic rings. The lowest BCUT2D eigenvalue weighted by Gasteiger charge is -2.50. The van der Waals surface area contributed by atoms with Crippen LogP contribution in [0.3, 0.4) is 0 Å². The van der Waals surface area contributed by atoms with Crippen molar-refractivity contribution in [1.82, 2.24) is 15.2 Å². The van der Waals surface area contributed by atoms with E-state index in [2.05, 4.69) is 20.1 Å². The highest BCUT2D eigenvalue weighted by atomic mass is 16.5. The van der Waals surface area contributed by atoms with E-state index in [1.165, 1.54) is 0 Å². The van der Waals surface area contributed by atoms with Gasteiger partial charge in [0.05, 0.1) is 25.4 Å². The lowest BCUT2D eigenvalue weighted by Crippen LogP contribution is -2.66. The van der Waals surface area contributed by atoms with E-state index in [9.17, 15) is 0 Å². The zero-order valence-corrected chi connectivity index (χ0v) is 13.2. The van der Waals surface area contributed by atoms with Gasteiger partial charge >= 0.3 is 0 Å². The van der Waals surface area contributed by atoms with E-state index in [4.69, 9.17) is 9.47 Å². The molecule has 1 spiro atoms. The van der Waals surface area contributed by atoms with Gasteiger partial charge in [0.15, 0.2) is 5.82 Å². The van der Waals surface area contributed by atoms with Gasteiger partial charge in [0.25, 0.3) is 0 Å². The standard InChI is InChI=1S/C17H20N4O2/c1-13-5-6-15(20-19-13)21-11-17(12-21)14(7-9-23-17)10-22-16-4-2-3-8-18-16/h2-6,8,14H,7,9-12H2,1H3/t14-/m0/s1. The van der Waals surface area contributed by atoms with Crippen molar-refractivity contribution in [3.05, 3.63) is 42.2 Å². The van der Waals surface area contributed by atoms with Crippen LogP contribution < -0.4 is 9.64 Å². The molecule has 2 aliphatic heterocycles. The molecule has 2 saturated heterocycles. The predicted octanol–water partition coefficient (Wildman–Crippen LogP) is 1.85. The summed E-state index contributed by atoms with van der Waals surface area (Å²) in [4.78, 5) is 6.42. The van der Waals surface area contributed by atoms with Crippen molar-refractivity contribution >= 4 is 5.82 Å². The number of aryl methyl sites for hydroxylation is 1. The van der Waals surface area contributed by atoms with E-state index >= 15 is 0 Å². The number of aromatic nitrogens is 3. The number of hydrogen-bond donors (Lipinski definition) is 0. The summed E-state index contributed by atoms with van der Waals surface area (Å²) < 4.78 is 11.9. The topological polar surface area (TPSA) is 60.4 Å². The van der Waals surface area contributed by atoms with Gasteiger partial charge < -0.3 is 14.4 Å². The van der Waals surface area contributed by atoms with Crippen molar-refractivity contribution in [2.45, 2.75) is 18.9 Å². The summed E-state index contributed by atoms with van der Waals surface area (Å²) in [6.07, 6.45) is 2.78. The summed E-state index contributed by atoms with van der Waals surface area (Å²) in [6.45, 7) is 5.08. The minimum absolute atomic E-state index is 0.110. The van der Waals surface area contributed by atoms with E-state index in [1.54, 1.807) is 6.20 Å². The largest absolute Gasteiger partial charge is 0.477 e. The maximum Gasteiger partial charge on any atom is 0.213 e. The Bertz CT molecular complexity index is 656. The van der Waals surface area contributed by atoms with Crippen LogP contribution in [0.25, 0.3) is 0 Å². The van der Waals surface area contributed by atoms with E-state index in [1.807, 2.05) is 37.3 Å². The Balaban J connectivity index is 1.38. The summed E-state index contributed by atoms with van der Waals surface area (Å²) in [5.74, 6) is 1.98. The Labute approximate surface area is 135 Å². The second kappa shape index (κ2) is 5.77. The molecule has 4 heterocycles. The van der Waals surface area contributed by atoms with Crippen LogP contribution in [0.2, 0.25) is 0 Å². The van der Waals surface area contributed by atoms with Gasteiger partial charge in [-0.15, -0.1) is 5.10 Å². The Hall–Kier alpha value is -2.21. The highest BCUT2D eigenvalue weighted by Gasteiger charge is 2.53. The first-order valence-electron chi connectivity index (χ1n) is 7.98. The number of pyridine rings is 1. The monoisotopic (exact) mass is 312 g/mol. The van der Waals surface area contributed by atoms with Crippen LogP contribution in [-0.2, 0) is 4.74 Å². The molecule has 2 aromatic heterocycles. The van der Waals surface area contributed by atoms with Crippen molar-refractivity contribution in [2.24, 2.45) is 5.92 Å². The first-order valence-corrected chi connectivity index (χ1v) is 7.98. The van der Waals surface area contributed by atoms with E-state index in [0.29, 0.717) is 18.4 Å². The van der Waals surface area contributed by atoms with Gasteiger partial charge in [0.2, 0.25) is 5.88 Å². The third kappa shape index (κ3) is 2.74. The molecular formula is C17H20N4O2. The summed E-state index contributed by atoms with van der Waals surface area (Å²) in [5, 5.41) is 8.38. The van der Waals surface area contributed by atoms with Crippen LogP contribution in [0.15, 0.2) is 36.5 Å². The fourth-order valence-electron chi connectivity index (χ4n) is 3.31. The molecule has 0 amide bonds. The third-order valence-electron chi connectivity index (χ3n) is 4.69. The number of nitrogens with zero attached hydrogens (tertiary/aromatic N) is 4. The molecule has 2 aromatic rings. The molecule has 0 radical (unpaired) electrons. The van der Waals surface area contributed by atoms with Crippen molar-refractivity contribution in [3.63, 3.8) is 0 Å². The molecule has 23 heavy (non-hydrogen) atoms. The van der Waals surface area contributed by atoms with Gasteiger partial charge in [-0.3, -0.25) is 0 Å². The molecule has 2 fully saturated rings. The quantitative estimate of drug-likeness (QED) is 0.859. The Morgan fingerprint density at radius 2 is 2.17 bits per heavy atom. The van der Waals surface area contributed by atoms with E-state index in [0.717, 1.165) is 37.6 Å². The minimum Gasteiger partial charge on any atom is -0.477 e. The highest BCUT2D eigenvalue weighted by Crippen LogP contribution is 2.41. The van der Waals surface area contributed by atoms with E-state index < -0.39 is 0 Å². The lowest BCUT2D eigenvalue weighted by molar-refractivity contribution is -0.0529. The van der Waals surface area contributed by atoms with E-state index in [-0.39, 0.29) is 5.60 Å². The van der Waals surface area contributed by atoms with Crippen molar-refractivity contribution in [1.29, 1.82) is 0 Å². The van der Waals surface area contributed by atoms with Crippen LogP contribution in [-0.4, -0.2) is 47.1 Å². The maximum atomic E-state index is 6.06. The fourth-order valence-corrected chi connectivity index (χ4v) is 3.31. The SMILES string of the molecule is Cc1ccc(N2CC3(C2)OCC[C@H]3COc2ccccn2)nn1. The van der Waals surface area contributed by atoms with Gasteiger partial charge in [0, 0.05) is 24.8 Å². The molecule has 6 nitrogen and oxygen atoms in total. The van der Waals surface area contributed by atoms with Crippen LogP contribution in [0, 0.1) is 12.8 Å². The maximum absolute atomic E-state index is 6.06. The molecule has 0 unspecified atom stereocenters. The van der Waals surface area contributed by atoms with Crippen LogP contribution in [0.1, 0.15) is 12.1 Å². The number of rotatable bonds is 4. The summed E-state index contributed by atoms with van der Waals surface area (Å²) in [7, 11) is 0. The normalized spacial score (nSPS) is 22.1. The molecule has 0 aromatic carbocycles. The Kier molecular flexibility index (Phi) is 3.61. The number of hydrogen-bond acceptors (Lipinski definition) is 6. The molecule has 120 valence electrons. The van der Waals surface area contributed by atoms with Gasteiger partial charge in [-0.1, -0.05) is 6.07 Å². The molecular weight excluding hydrogens is 292 g/mol. The molecule has 0 aliphatic carbocycles. The fraction of sp³-hybridized carbons (Fsp3) is 0.471. The average Bonchev–Trinajstić information content (AvgIpc) is 2.97. The first-order chi connectivity index (χ1) is 11.3. The highest BCUT2D eigenvalue weighted by molar-refractivity contribution is 5.43. The molecule has 0 N–H and O–H groups in total. The number of ether oxygens (including phenoxy) is 2. The number of anilines is 1. The van der Waals surface area contributed by atoms with Gasteiger partial charge in [0.1, 0.15) is 5.60 Å². The zero-order chi connectivity index (χ0) is 15.7. The zero-order valence-electron chi connectivity index (χ0n) is 13.2. The summed E-state index contributed by atoms with van der Waals surface area (Å²) in [6, 6.07) is 9.72. The van der Waals surface area contributed by atoms with Crippen LogP contribution >= 0.6 is 0 Å². The van der Waals surface area contributed by atoms with Gasteiger partial charge in [-0.05, 0) is 31.5 Å². The minimum atomic E-state index is -0.110. The first kappa shape index (κ1) is 14.4.